The molecule has 0 aliphatic rings. The highest BCUT2D eigenvalue weighted by Gasteiger charge is 2.34. The van der Waals surface area contributed by atoms with E-state index in [1.54, 1.807) is 18.2 Å². The molecule has 0 fully saturated rings. The zero-order chi connectivity index (χ0) is 28.5. The van der Waals surface area contributed by atoms with E-state index in [-0.39, 0.29) is 22.6 Å². The Bertz CT molecular complexity index is 1170. The van der Waals surface area contributed by atoms with Crippen molar-refractivity contribution >= 4 is 21.9 Å². The van der Waals surface area contributed by atoms with Crippen LogP contribution in [0.1, 0.15) is 92.5 Å². The van der Waals surface area contributed by atoms with Gasteiger partial charge in [0, 0.05) is 17.2 Å². The summed E-state index contributed by atoms with van der Waals surface area (Å²) in [5, 5.41) is 0. The number of ketones is 1. The standard InChI is InChI=1S/C31H40O7S/c1-4-7-8-9-10-11-12-13-14-18-23-36-28-22-21-26(27(32)5-2)24-29(28)38-39(34,35)31(37-30(33)6-3)25-19-16-15-17-20-25/h5-6,15-17,19-22,24,31H,2-4,7-14,18,23H2,1H3. The fourth-order valence-corrected chi connectivity index (χ4v) is 5.13. The molecule has 0 aliphatic heterocycles. The van der Waals surface area contributed by atoms with E-state index in [0.717, 1.165) is 31.4 Å². The lowest BCUT2D eigenvalue weighted by Gasteiger charge is -2.19. The summed E-state index contributed by atoms with van der Waals surface area (Å²) in [5.74, 6) is -1.34. The molecule has 1 atom stereocenters. The first kappa shape index (κ1) is 31.8. The second kappa shape index (κ2) is 17.2. The summed E-state index contributed by atoms with van der Waals surface area (Å²) in [4.78, 5) is 24.1. The zero-order valence-corrected chi connectivity index (χ0v) is 23.6. The van der Waals surface area contributed by atoms with Crippen molar-refractivity contribution in [1.82, 2.24) is 0 Å². The Hall–Kier alpha value is -3.39. The van der Waals surface area contributed by atoms with Crippen LogP contribution in [0.2, 0.25) is 0 Å². The highest BCUT2D eigenvalue weighted by Crippen LogP contribution is 2.34. The highest BCUT2D eigenvalue weighted by atomic mass is 32.2. The highest BCUT2D eigenvalue weighted by molar-refractivity contribution is 7.87. The van der Waals surface area contributed by atoms with Gasteiger partial charge in [-0.2, -0.15) is 8.42 Å². The molecule has 0 saturated heterocycles. The van der Waals surface area contributed by atoms with Crippen molar-refractivity contribution in [2.24, 2.45) is 0 Å². The van der Waals surface area contributed by atoms with Crippen molar-refractivity contribution in [2.45, 2.75) is 76.6 Å². The fourth-order valence-electron chi connectivity index (χ4n) is 3.96. The molecule has 212 valence electrons. The average molecular weight is 557 g/mol. The average Bonchev–Trinajstić information content (AvgIpc) is 2.94. The molecule has 39 heavy (non-hydrogen) atoms. The van der Waals surface area contributed by atoms with Crippen LogP contribution in [0.25, 0.3) is 0 Å². The van der Waals surface area contributed by atoms with Gasteiger partial charge in [0.15, 0.2) is 17.3 Å². The van der Waals surface area contributed by atoms with E-state index in [2.05, 4.69) is 20.1 Å². The number of unbranched alkanes of at least 4 members (excludes halogenated alkanes) is 9. The summed E-state index contributed by atoms with van der Waals surface area (Å²) in [6, 6.07) is 12.2. The van der Waals surface area contributed by atoms with Crippen molar-refractivity contribution in [3.8, 4) is 11.5 Å². The smallest absolute Gasteiger partial charge is 0.352 e. The van der Waals surface area contributed by atoms with Crippen LogP contribution in [0.15, 0.2) is 73.8 Å². The minimum absolute atomic E-state index is 0.164. The largest absolute Gasteiger partial charge is 0.490 e. The number of benzene rings is 2. The molecule has 0 aliphatic carbocycles. The minimum atomic E-state index is -4.57. The van der Waals surface area contributed by atoms with E-state index in [1.165, 1.54) is 75.3 Å². The lowest BCUT2D eigenvalue weighted by Crippen LogP contribution is -2.24. The number of esters is 1. The predicted octanol–water partition coefficient (Wildman–Crippen LogP) is 7.49. The first-order valence-electron chi connectivity index (χ1n) is 13.6. The Balaban J connectivity index is 2.09. The van der Waals surface area contributed by atoms with E-state index < -0.39 is 27.3 Å². The summed E-state index contributed by atoms with van der Waals surface area (Å²) in [6.07, 6.45) is 13.7. The molecule has 0 aromatic heterocycles. The molecular weight excluding hydrogens is 516 g/mol. The topological polar surface area (TPSA) is 96.0 Å². The maximum absolute atomic E-state index is 13.3. The molecule has 0 spiro atoms. The van der Waals surface area contributed by atoms with Crippen molar-refractivity contribution in [3.63, 3.8) is 0 Å². The second-order valence-corrected chi connectivity index (χ2v) is 10.8. The third kappa shape index (κ3) is 11.1. The number of rotatable bonds is 20. The molecule has 0 heterocycles. The van der Waals surface area contributed by atoms with Gasteiger partial charge in [0.25, 0.3) is 5.44 Å². The van der Waals surface area contributed by atoms with E-state index in [4.69, 9.17) is 13.7 Å². The maximum atomic E-state index is 13.3. The van der Waals surface area contributed by atoms with Crippen LogP contribution in [0.4, 0.5) is 0 Å². The van der Waals surface area contributed by atoms with Gasteiger partial charge >= 0.3 is 16.1 Å². The Kier molecular flexibility index (Phi) is 14.1. The van der Waals surface area contributed by atoms with Gasteiger partial charge in [-0.25, -0.2) is 4.79 Å². The van der Waals surface area contributed by atoms with Gasteiger partial charge in [-0.05, 0) is 30.7 Å². The second-order valence-electron chi connectivity index (χ2n) is 9.22. The monoisotopic (exact) mass is 556 g/mol. The maximum Gasteiger partial charge on any atom is 0.352 e. The van der Waals surface area contributed by atoms with Gasteiger partial charge in [0.05, 0.1) is 6.61 Å². The van der Waals surface area contributed by atoms with Crippen LogP contribution >= 0.6 is 0 Å². The van der Waals surface area contributed by atoms with Crippen molar-refractivity contribution < 1.29 is 31.7 Å². The van der Waals surface area contributed by atoms with Crippen molar-refractivity contribution in [2.75, 3.05) is 6.61 Å². The molecule has 2 aromatic rings. The normalized spacial score (nSPS) is 11.8. The van der Waals surface area contributed by atoms with E-state index in [0.29, 0.717) is 6.61 Å². The van der Waals surface area contributed by atoms with Gasteiger partial charge in [0.2, 0.25) is 0 Å². The summed E-state index contributed by atoms with van der Waals surface area (Å²) in [5.41, 5.74) is -1.38. The van der Waals surface area contributed by atoms with Crippen LogP contribution in [0, 0.1) is 0 Å². The number of hydrogen-bond donors (Lipinski definition) is 0. The Labute approximate surface area is 233 Å². The third-order valence-corrected chi connectivity index (χ3v) is 7.40. The summed E-state index contributed by atoms with van der Waals surface area (Å²) in [7, 11) is -4.57. The molecular formula is C31H40O7S. The molecule has 2 rings (SSSR count). The minimum Gasteiger partial charge on any atom is -0.490 e. The number of carbonyl (C=O) groups is 2. The molecule has 0 saturated carbocycles. The Morgan fingerprint density at radius 3 is 2.03 bits per heavy atom. The summed E-state index contributed by atoms with van der Waals surface area (Å²) < 4.78 is 43.1. The van der Waals surface area contributed by atoms with Crippen LogP contribution in [-0.4, -0.2) is 26.8 Å². The SMILES string of the molecule is C=CC(=O)OC(c1ccccc1)S(=O)(=O)Oc1cc(C(=O)C=C)ccc1OCCCCCCCCCCCC. The number of allylic oxidation sites excluding steroid dienone is 1. The molecule has 2 aromatic carbocycles. The van der Waals surface area contributed by atoms with Gasteiger partial charge < -0.3 is 13.7 Å². The third-order valence-electron chi connectivity index (χ3n) is 6.10. The quantitative estimate of drug-likeness (QED) is 0.0548. The molecule has 0 bridgehead atoms. The Morgan fingerprint density at radius 1 is 0.821 bits per heavy atom. The number of ether oxygens (including phenoxy) is 2. The van der Waals surface area contributed by atoms with E-state index in [1.807, 2.05) is 0 Å². The fraction of sp³-hybridized carbons (Fsp3) is 0.419. The van der Waals surface area contributed by atoms with Gasteiger partial charge in [-0.1, -0.05) is 108 Å². The molecule has 0 radical (unpaired) electrons. The number of hydrogen-bond acceptors (Lipinski definition) is 7. The van der Waals surface area contributed by atoms with Gasteiger partial charge in [-0.3, -0.25) is 4.79 Å². The van der Waals surface area contributed by atoms with Crippen LogP contribution in [0.5, 0.6) is 11.5 Å². The molecule has 7 nitrogen and oxygen atoms in total. The number of carbonyl (C=O) groups excluding carboxylic acids is 2. The lowest BCUT2D eigenvalue weighted by atomic mass is 10.1. The first-order valence-corrected chi connectivity index (χ1v) is 15.0. The molecule has 0 amide bonds. The van der Waals surface area contributed by atoms with Crippen LogP contribution in [0.3, 0.4) is 0 Å². The van der Waals surface area contributed by atoms with Crippen molar-refractivity contribution in [3.05, 3.63) is 85.0 Å². The van der Waals surface area contributed by atoms with E-state index >= 15 is 0 Å². The van der Waals surface area contributed by atoms with Crippen LogP contribution < -0.4 is 8.92 Å². The van der Waals surface area contributed by atoms with E-state index in [9.17, 15) is 18.0 Å². The van der Waals surface area contributed by atoms with Crippen molar-refractivity contribution in [1.29, 1.82) is 0 Å². The van der Waals surface area contributed by atoms with Crippen LogP contribution in [-0.2, 0) is 19.6 Å². The first-order chi connectivity index (χ1) is 18.8. The van der Waals surface area contributed by atoms with Gasteiger partial charge in [0.1, 0.15) is 0 Å². The lowest BCUT2D eigenvalue weighted by molar-refractivity contribution is -0.140. The molecule has 8 heteroatoms. The Morgan fingerprint density at radius 2 is 1.44 bits per heavy atom. The molecule has 0 N–H and O–H groups in total. The van der Waals surface area contributed by atoms with Gasteiger partial charge in [-0.15, -0.1) is 0 Å². The summed E-state index contributed by atoms with van der Waals surface area (Å²) >= 11 is 0. The predicted molar refractivity (Wildman–Crippen MR) is 153 cm³/mol. The zero-order valence-electron chi connectivity index (χ0n) is 22.8. The molecule has 1 unspecified atom stereocenters. The summed E-state index contributed by atoms with van der Waals surface area (Å²) in [6.45, 7) is 9.38.